The first-order chi connectivity index (χ1) is 15.9. The zero-order valence-electron chi connectivity index (χ0n) is 17.6. The molecule has 0 fully saturated rings. The molecule has 1 aliphatic heterocycles. The Hall–Kier alpha value is -4.23. The summed E-state index contributed by atoms with van der Waals surface area (Å²) in [4.78, 5) is 18.2. The Kier molecular flexibility index (Phi) is 5.03. The Labute approximate surface area is 190 Å². The molecule has 4 aromatic rings. The summed E-state index contributed by atoms with van der Waals surface area (Å²) in [6.07, 6.45) is 2.07. The van der Waals surface area contributed by atoms with E-state index in [0.717, 1.165) is 11.1 Å². The van der Waals surface area contributed by atoms with Gasteiger partial charge in [0.1, 0.15) is 29.1 Å². The molecule has 0 radical (unpaired) electrons. The highest BCUT2D eigenvalue weighted by molar-refractivity contribution is 5.85. The van der Waals surface area contributed by atoms with Crippen LogP contribution in [0.2, 0.25) is 0 Å². The number of nitrogens with zero attached hydrogens (tertiary/aromatic N) is 2. The second-order valence-corrected chi connectivity index (χ2v) is 8.13. The SMILES string of the molecule is O=C1[n+]2cc(-c3ccc(O)cc3)nc(Cc3ccccc3)c2N[C@]1(O)Cc1ccc(O)cc1. The average molecular weight is 440 g/mol. The van der Waals surface area contributed by atoms with Crippen molar-refractivity contribution in [2.45, 2.75) is 18.6 Å². The fourth-order valence-corrected chi connectivity index (χ4v) is 4.01. The lowest BCUT2D eigenvalue weighted by Gasteiger charge is -2.14. The standard InChI is InChI=1S/C26H21N3O4/c30-20-10-6-18(7-11-20)15-26(33)25(32)29-16-23(19-8-12-21(31)13-9-19)27-22(24(29)28-26)14-17-4-2-1-3-5-17/h1-13,16,30-31,33H,14-15H2/p+1/t26-/m0/s1. The van der Waals surface area contributed by atoms with Gasteiger partial charge in [0, 0.05) is 12.0 Å². The molecule has 0 amide bonds. The third-order valence-electron chi connectivity index (χ3n) is 5.69. The molecular formula is C26H22N3O4+. The van der Waals surface area contributed by atoms with E-state index in [4.69, 9.17) is 4.98 Å². The van der Waals surface area contributed by atoms with Gasteiger partial charge in [-0.15, -0.1) is 0 Å². The largest absolute Gasteiger partial charge is 0.508 e. The van der Waals surface area contributed by atoms with E-state index in [1.54, 1.807) is 42.6 Å². The third-order valence-corrected chi connectivity index (χ3v) is 5.69. The molecule has 33 heavy (non-hydrogen) atoms. The molecule has 0 saturated heterocycles. The summed E-state index contributed by atoms with van der Waals surface area (Å²) in [5.74, 6) is 0.176. The number of benzene rings is 3. The van der Waals surface area contributed by atoms with E-state index in [1.807, 2.05) is 30.3 Å². The van der Waals surface area contributed by atoms with Crippen LogP contribution in [0.5, 0.6) is 11.5 Å². The second-order valence-electron chi connectivity index (χ2n) is 8.13. The lowest BCUT2D eigenvalue weighted by atomic mass is 10.0. The Balaban J connectivity index is 1.58. The third kappa shape index (κ3) is 4.02. The molecule has 0 bridgehead atoms. The molecule has 7 nitrogen and oxygen atoms in total. The predicted octanol–water partition coefficient (Wildman–Crippen LogP) is 3.04. The van der Waals surface area contributed by atoms with E-state index in [9.17, 15) is 20.1 Å². The van der Waals surface area contributed by atoms with Crippen molar-refractivity contribution in [2.75, 3.05) is 5.32 Å². The zero-order valence-corrected chi connectivity index (χ0v) is 17.6. The van der Waals surface area contributed by atoms with Crippen molar-refractivity contribution in [2.24, 2.45) is 0 Å². The Bertz CT molecular complexity index is 1320. The number of aromatic hydroxyl groups is 2. The van der Waals surface area contributed by atoms with E-state index >= 15 is 0 Å². The van der Waals surface area contributed by atoms with Crippen molar-refractivity contribution in [1.29, 1.82) is 0 Å². The number of hydrogen-bond acceptors (Lipinski definition) is 6. The number of rotatable bonds is 5. The quantitative estimate of drug-likeness (QED) is 0.356. The number of hydrogen-bond donors (Lipinski definition) is 4. The summed E-state index contributed by atoms with van der Waals surface area (Å²) in [6, 6.07) is 22.7. The van der Waals surface area contributed by atoms with Gasteiger partial charge in [0.25, 0.3) is 0 Å². The highest BCUT2D eigenvalue weighted by Crippen LogP contribution is 2.29. The van der Waals surface area contributed by atoms with Crippen LogP contribution < -0.4 is 9.88 Å². The Morgan fingerprint density at radius 2 is 1.48 bits per heavy atom. The maximum absolute atomic E-state index is 13.4. The van der Waals surface area contributed by atoms with E-state index < -0.39 is 11.6 Å². The number of phenolic OH excluding ortho intramolecular Hbond substituents is 2. The highest BCUT2D eigenvalue weighted by atomic mass is 16.3. The maximum Gasteiger partial charge on any atom is 0.391 e. The van der Waals surface area contributed by atoms with Crippen LogP contribution >= 0.6 is 0 Å². The van der Waals surface area contributed by atoms with E-state index in [0.29, 0.717) is 29.2 Å². The molecule has 2 heterocycles. The monoisotopic (exact) mass is 440 g/mol. The number of fused-ring (bicyclic) bond motifs is 1. The molecule has 1 aromatic heterocycles. The van der Waals surface area contributed by atoms with Gasteiger partial charge in [0.05, 0.1) is 6.42 Å². The van der Waals surface area contributed by atoms with Gasteiger partial charge in [-0.05, 0) is 47.5 Å². The summed E-state index contributed by atoms with van der Waals surface area (Å²) in [5, 5.41) is 33.5. The minimum atomic E-state index is -1.86. The minimum Gasteiger partial charge on any atom is -0.508 e. The molecule has 7 heteroatoms. The smallest absolute Gasteiger partial charge is 0.391 e. The fourth-order valence-electron chi connectivity index (χ4n) is 4.01. The molecule has 0 unspecified atom stereocenters. The number of nitrogens with one attached hydrogen (secondary N) is 1. The molecule has 0 aliphatic carbocycles. The summed E-state index contributed by atoms with van der Waals surface area (Å²) in [6.45, 7) is 0. The fraction of sp³-hybridized carbons (Fsp3) is 0.115. The topological polar surface area (TPSA) is 107 Å². The second kappa shape index (κ2) is 8.03. The van der Waals surface area contributed by atoms with Crippen LogP contribution in [-0.4, -0.2) is 31.9 Å². The van der Waals surface area contributed by atoms with Gasteiger partial charge in [-0.3, -0.25) is 0 Å². The van der Waals surface area contributed by atoms with Crippen LogP contribution in [0.4, 0.5) is 5.82 Å². The first kappa shape index (κ1) is 20.7. The van der Waals surface area contributed by atoms with Gasteiger partial charge in [-0.25, -0.2) is 15.1 Å². The Morgan fingerprint density at radius 1 is 0.848 bits per heavy atom. The summed E-state index contributed by atoms with van der Waals surface area (Å²) < 4.78 is 1.41. The van der Waals surface area contributed by atoms with Crippen molar-refractivity contribution in [1.82, 2.24) is 4.98 Å². The number of phenols is 2. The summed E-state index contributed by atoms with van der Waals surface area (Å²) in [5.41, 5.74) is 1.75. The number of anilines is 1. The number of aromatic nitrogens is 2. The van der Waals surface area contributed by atoms with Crippen LogP contribution in [0.25, 0.3) is 11.3 Å². The summed E-state index contributed by atoms with van der Waals surface area (Å²) >= 11 is 0. The van der Waals surface area contributed by atoms with Crippen molar-refractivity contribution >= 4 is 11.7 Å². The van der Waals surface area contributed by atoms with Crippen molar-refractivity contribution in [3.8, 4) is 22.8 Å². The highest BCUT2D eigenvalue weighted by Gasteiger charge is 2.53. The number of carbonyl (C=O) groups excluding carboxylic acids is 1. The van der Waals surface area contributed by atoms with Crippen LogP contribution in [0.15, 0.2) is 85.1 Å². The summed E-state index contributed by atoms with van der Waals surface area (Å²) in [7, 11) is 0. The van der Waals surface area contributed by atoms with Crippen LogP contribution in [0.1, 0.15) is 21.6 Å². The van der Waals surface area contributed by atoms with Crippen LogP contribution in [0.3, 0.4) is 0 Å². The van der Waals surface area contributed by atoms with Crippen LogP contribution in [-0.2, 0) is 12.8 Å². The zero-order chi connectivity index (χ0) is 23.0. The minimum absolute atomic E-state index is 0.0209. The molecule has 164 valence electrons. The van der Waals surface area contributed by atoms with Gasteiger partial charge in [-0.1, -0.05) is 42.5 Å². The molecule has 0 spiro atoms. The molecule has 4 N–H and O–H groups in total. The molecule has 1 aliphatic rings. The van der Waals surface area contributed by atoms with E-state index in [-0.39, 0.29) is 17.9 Å². The van der Waals surface area contributed by atoms with Crippen molar-refractivity contribution in [3.05, 3.63) is 102 Å². The first-order valence-corrected chi connectivity index (χ1v) is 10.5. The molecule has 5 rings (SSSR count). The first-order valence-electron chi connectivity index (χ1n) is 10.5. The predicted molar refractivity (Wildman–Crippen MR) is 122 cm³/mol. The average Bonchev–Trinajstić information content (AvgIpc) is 3.07. The molecule has 3 aromatic carbocycles. The van der Waals surface area contributed by atoms with E-state index in [1.165, 1.54) is 16.7 Å². The Morgan fingerprint density at radius 3 is 2.15 bits per heavy atom. The normalized spacial score (nSPS) is 16.9. The number of aliphatic hydroxyl groups is 1. The van der Waals surface area contributed by atoms with Gasteiger partial charge >= 0.3 is 17.5 Å². The van der Waals surface area contributed by atoms with Crippen molar-refractivity contribution in [3.63, 3.8) is 0 Å². The lowest BCUT2D eigenvalue weighted by Crippen LogP contribution is -2.52. The molecule has 1 atom stereocenters. The maximum atomic E-state index is 13.4. The van der Waals surface area contributed by atoms with Gasteiger partial charge in [-0.2, -0.15) is 4.57 Å². The van der Waals surface area contributed by atoms with Gasteiger partial charge in [0.15, 0.2) is 0 Å². The van der Waals surface area contributed by atoms with Gasteiger partial charge in [0.2, 0.25) is 0 Å². The van der Waals surface area contributed by atoms with Crippen LogP contribution in [0, 0.1) is 0 Å². The number of carbonyl (C=O) groups is 1. The van der Waals surface area contributed by atoms with Crippen molar-refractivity contribution < 1.29 is 24.7 Å². The lowest BCUT2D eigenvalue weighted by molar-refractivity contribution is -0.556. The molecule has 0 saturated carbocycles. The van der Waals surface area contributed by atoms with Gasteiger partial charge < -0.3 is 15.3 Å². The molecular weight excluding hydrogens is 418 g/mol. The van der Waals surface area contributed by atoms with E-state index in [2.05, 4.69) is 5.32 Å².